The van der Waals surface area contributed by atoms with E-state index in [2.05, 4.69) is 41.7 Å². The first-order chi connectivity index (χ1) is 8.40. The second-order valence-corrected chi connectivity index (χ2v) is 4.55. The summed E-state index contributed by atoms with van der Waals surface area (Å²) in [5.41, 5.74) is 1.40. The highest BCUT2D eigenvalue weighted by Gasteiger charge is 2.18. The number of benzene rings is 2. The molecule has 3 heteroatoms. The molecule has 0 aromatic heterocycles. The van der Waals surface area contributed by atoms with E-state index in [1.807, 2.05) is 0 Å². The second kappa shape index (κ2) is 5.59. The summed E-state index contributed by atoms with van der Waals surface area (Å²) in [5.74, 6) is 0.961. The van der Waals surface area contributed by atoms with E-state index in [0.717, 1.165) is 12.3 Å². The SMILES string of the molecule is COc1ccc([C@H]2CCCN2)c2ccccc12.Cl. The Hall–Kier alpha value is -1.25. The largest absolute Gasteiger partial charge is 0.496 e. The molecule has 1 heterocycles. The monoisotopic (exact) mass is 263 g/mol. The van der Waals surface area contributed by atoms with Crippen LogP contribution in [0.4, 0.5) is 0 Å². The number of ether oxygens (including phenoxy) is 1. The van der Waals surface area contributed by atoms with Crippen LogP contribution in [-0.4, -0.2) is 13.7 Å². The minimum absolute atomic E-state index is 0. The van der Waals surface area contributed by atoms with Crippen molar-refractivity contribution in [1.82, 2.24) is 5.32 Å². The number of hydrogen-bond acceptors (Lipinski definition) is 2. The molecule has 0 amide bonds. The number of nitrogens with one attached hydrogen (secondary N) is 1. The molecule has 96 valence electrons. The maximum atomic E-state index is 5.42. The van der Waals surface area contributed by atoms with E-state index in [1.165, 1.54) is 29.2 Å². The average molecular weight is 264 g/mol. The first-order valence-electron chi connectivity index (χ1n) is 6.19. The van der Waals surface area contributed by atoms with Gasteiger partial charge in [-0.3, -0.25) is 0 Å². The Balaban J connectivity index is 0.00000120. The molecule has 1 aliphatic heterocycles. The molecule has 0 unspecified atom stereocenters. The Bertz CT molecular complexity index is 535. The van der Waals surface area contributed by atoms with Crippen LogP contribution in [0.2, 0.25) is 0 Å². The number of rotatable bonds is 2. The van der Waals surface area contributed by atoms with Gasteiger partial charge in [0.15, 0.2) is 0 Å². The van der Waals surface area contributed by atoms with Crippen LogP contribution in [0.15, 0.2) is 36.4 Å². The van der Waals surface area contributed by atoms with Gasteiger partial charge in [-0.2, -0.15) is 0 Å². The second-order valence-electron chi connectivity index (χ2n) is 4.55. The van der Waals surface area contributed by atoms with Crippen molar-refractivity contribution in [3.63, 3.8) is 0 Å². The van der Waals surface area contributed by atoms with Crippen molar-refractivity contribution in [2.24, 2.45) is 0 Å². The van der Waals surface area contributed by atoms with Crippen molar-refractivity contribution < 1.29 is 4.74 Å². The normalized spacial score (nSPS) is 18.6. The van der Waals surface area contributed by atoms with Gasteiger partial charge in [-0.1, -0.05) is 30.3 Å². The van der Waals surface area contributed by atoms with Crippen LogP contribution in [0.3, 0.4) is 0 Å². The lowest BCUT2D eigenvalue weighted by Gasteiger charge is -2.15. The van der Waals surface area contributed by atoms with Crippen molar-refractivity contribution in [1.29, 1.82) is 0 Å². The molecule has 1 atom stereocenters. The summed E-state index contributed by atoms with van der Waals surface area (Å²) >= 11 is 0. The lowest BCUT2D eigenvalue weighted by atomic mass is 9.97. The highest BCUT2D eigenvalue weighted by molar-refractivity contribution is 5.91. The summed E-state index contributed by atoms with van der Waals surface area (Å²) < 4.78 is 5.42. The Morgan fingerprint density at radius 3 is 2.56 bits per heavy atom. The summed E-state index contributed by atoms with van der Waals surface area (Å²) in [6.07, 6.45) is 2.50. The highest BCUT2D eigenvalue weighted by Crippen LogP contribution is 2.34. The predicted octanol–water partition coefficient (Wildman–Crippen LogP) is 3.69. The fourth-order valence-corrected chi connectivity index (χ4v) is 2.73. The minimum Gasteiger partial charge on any atom is -0.496 e. The average Bonchev–Trinajstić information content (AvgIpc) is 2.91. The molecule has 0 radical (unpaired) electrons. The van der Waals surface area contributed by atoms with Crippen LogP contribution in [0.25, 0.3) is 10.8 Å². The van der Waals surface area contributed by atoms with Crippen molar-refractivity contribution in [3.8, 4) is 5.75 Å². The van der Waals surface area contributed by atoms with Crippen LogP contribution in [0.5, 0.6) is 5.75 Å². The summed E-state index contributed by atoms with van der Waals surface area (Å²) in [4.78, 5) is 0. The number of fused-ring (bicyclic) bond motifs is 1. The van der Waals surface area contributed by atoms with Gasteiger partial charge in [0.2, 0.25) is 0 Å². The first kappa shape index (κ1) is 13.2. The van der Waals surface area contributed by atoms with Crippen molar-refractivity contribution in [2.75, 3.05) is 13.7 Å². The summed E-state index contributed by atoms with van der Waals surface area (Å²) in [5, 5.41) is 6.08. The van der Waals surface area contributed by atoms with Crippen LogP contribution >= 0.6 is 12.4 Å². The van der Waals surface area contributed by atoms with E-state index >= 15 is 0 Å². The lowest BCUT2D eigenvalue weighted by molar-refractivity contribution is 0.419. The standard InChI is InChI=1S/C15H17NO.ClH/c1-17-15-9-8-12(14-7-4-10-16-14)11-5-2-3-6-13(11)15;/h2-3,5-6,8-9,14,16H,4,7,10H2,1H3;1H/t14-;/m1./s1. The smallest absolute Gasteiger partial charge is 0.126 e. The minimum atomic E-state index is 0. The van der Waals surface area contributed by atoms with E-state index in [9.17, 15) is 0 Å². The molecular formula is C15H18ClNO. The van der Waals surface area contributed by atoms with Gasteiger partial charge < -0.3 is 10.1 Å². The van der Waals surface area contributed by atoms with Gasteiger partial charge in [0.05, 0.1) is 7.11 Å². The molecule has 2 nitrogen and oxygen atoms in total. The third-order valence-corrected chi connectivity index (χ3v) is 3.57. The highest BCUT2D eigenvalue weighted by atomic mass is 35.5. The number of halogens is 1. The van der Waals surface area contributed by atoms with E-state index < -0.39 is 0 Å². The molecule has 0 spiro atoms. The van der Waals surface area contributed by atoms with Gasteiger partial charge in [-0.05, 0) is 36.4 Å². The zero-order valence-corrected chi connectivity index (χ0v) is 11.3. The zero-order chi connectivity index (χ0) is 11.7. The van der Waals surface area contributed by atoms with Crippen molar-refractivity contribution in [3.05, 3.63) is 42.0 Å². The molecule has 2 aromatic carbocycles. The fraction of sp³-hybridized carbons (Fsp3) is 0.333. The van der Waals surface area contributed by atoms with Crippen LogP contribution in [0, 0.1) is 0 Å². The molecule has 0 aliphatic carbocycles. The van der Waals surface area contributed by atoms with Crippen LogP contribution < -0.4 is 10.1 Å². The van der Waals surface area contributed by atoms with E-state index in [-0.39, 0.29) is 12.4 Å². The number of hydrogen-bond donors (Lipinski definition) is 1. The van der Waals surface area contributed by atoms with Gasteiger partial charge in [0, 0.05) is 11.4 Å². The molecule has 1 aliphatic rings. The molecule has 0 bridgehead atoms. The Labute approximate surface area is 114 Å². The van der Waals surface area contributed by atoms with Gasteiger partial charge in [-0.25, -0.2) is 0 Å². The van der Waals surface area contributed by atoms with Gasteiger partial charge >= 0.3 is 0 Å². The molecular weight excluding hydrogens is 246 g/mol. The Morgan fingerprint density at radius 2 is 1.89 bits per heavy atom. The van der Waals surface area contributed by atoms with Crippen molar-refractivity contribution in [2.45, 2.75) is 18.9 Å². The molecule has 0 saturated carbocycles. The molecule has 1 N–H and O–H groups in total. The Kier molecular flexibility index (Phi) is 4.10. The maximum absolute atomic E-state index is 5.42. The van der Waals surface area contributed by atoms with E-state index in [1.54, 1.807) is 7.11 Å². The van der Waals surface area contributed by atoms with Gasteiger partial charge in [0.25, 0.3) is 0 Å². The third kappa shape index (κ3) is 2.18. The topological polar surface area (TPSA) is 21.3 Å². The van der Waals surface area contributed by atoms with Gasteiger partial charge in [-0.15, -0.1) is 12.4 Å². The van der Waals surface area contributed by atoms with Crippen LogP contribution in [0.1, 0.15) is 24.4 Å². The molecule has 2 aromatic rings. The molecule has 18 heavy (non-hydrogen) atoms. The first-order valence-corrected chi connectivity index (χ1v) is 6.19. The Morgan fingerprint density at radius 1 is 1.11 bits per heavy atom. The number of methoxy groups -OCH3 is 1. The maximum Gasteiger partial charge on any atom is 0.126 e. The van der Waals surface area contributed by atoms with E-state index in [0.29, 0.717) is 6.04 Å². The fourth-order valence-electron chi connectivity index (χ4n) is 2.73. The van der Waals surface area contributed by atoms with E-state index in [4.69, 9.17) is 4.74 Å². The summed E-state index contributed by atoms with van der Waals surface area (Å²) in [7, 11) is 1.73. The third-order valence-electron chi connectivity index (χ3n) is 3.57. The molecule has 1 fully saturated rings. The summed E-state index contributed by atoms with van der Waals surface area (Å²) in [6.45, 7) is 1.13. The quantitative estimate of drug-likeness (QED) is 0.892. The summed E-state index contributed by atoms with van der Waals surface area (Å²) in [6, 6.07) is 13.3. The van der Waals surface area contributed by atoms with Gasteiger partial charge in [0.1, 0.15) is 5.75 Å². The zero-order valence-electron chi connectivity index (χ0n) is 10.5. The predicted molar refractivity (Wildman–Crippen MR) is 77.7 cm³/mol. The lowest BCUT2D eigenvalue weighted by Crippen LogP contribution is -2.13. The van der Waals surface area contributed by atoms with Crippen LogP contribution in [-0.2, 0) is 0 Å². The molecule has 1 saturated heterocycles. The molecule has 3 rings (SSSR count). The van der Waals surface area contributed by atoms with Crippen molar-refractivity contribution >= 4 is 23.2 Å².